The van der Waals surface area contributed by atoms with Crippen molar-refractivity contribution in [3.05, 3.63) is 108 Å². The first-order valence-corrected chi connectivity index (χ1v) is 12.9. The number of nitrogens with one attached hydrogen (secondary N) is 1. The summed E-state index contributed by atoms with van der Waals surface area (Å²) in [4.78, 5) is 14.7. The quantitative estimate of drug-likeness (QED) is 0.361. The van der Waals surface area contributed by atoms with Crippen molar-refractivity contribution < 1.29 is 17.6 Å². The summed E-state index contributed by atoms with van der Waals surface area (Å²) >= 11 is 0. The predicted molar refractivity (Wildman–Crippen MR) is 133 cm³/mol. The molecule has 1 aromatic heterocycles. The maximum absolute atomic E-state index is 13.4. The van der Waals surface area contributed by atoms with Gasteiger partial charge in [0.25, 0.3) is 5.91 Å². The molecule has 0 aliphatic heterocycles. The van der Waals surface area contributed by atoms with Crippen LogP contribution in [0.1, 0.15) is 28.0 Å². The first-order valence-electron chi connectivity index (χ1n) is 11.2. The normalized spacial score (nSPS) is 11.4. The molecule has 0 fully saturated rings. The van der Waals surface area contributed by atoms with Gasteiger partial charge >= 0.3 is 0 Å². The summed E-state index contributed by atoms with van der Waals surface area (Å²) in [5, 5.41) is 7.22. The van der Waals surface area contributed by atoms with Gasteiger partial charge in [-0.1, -0.05) is 42.5 Å². The number of carbonyl (C=O) groups excluding carboxylic acids is 1. The van der Waals surface area contributed by atoms with Gasteiger partial charge in [0.1, 0.15) is 5.82 Å². The van der Waals surface area contributed by atoms with Gasteiger partial charge in [-0.05, 0) is 60.9 Å². The molecule has 0 saturated carbocycles. The molecule has 0 spiro atoms. The number of halogens is 1. The first kappa shape index (κ1) is 24.3. The first-order chi connectivity index (χ1) is 16.8. The van der Waals surface area contributed by atoms with Gasteiger partial charge in [0.15, 0.2) is 9.84 Å². The largest absolute Gasteiger partial charge is 0.342 e. The van der Waals surface area contributed by atoms with Crippen LogP contribution in [0.2, 0.25) is 0 Å². The molecule has 8 heteroatoms. The van der Waals surface area contributed by atoms with Crippen LogP contribution in [0.4, 0.5) is 4.39 Å². The van der Waals surface area contributed by atoms with Crippen molar-refractivity contribution in [3.8, 4) is 11.3 Å². The van der Waals surface area contributed by atoms with Crippen LogP contribution in [0, 0.1) is 5.82 Å². The highest BCUT2D eigenvalue weighted by molar-refractivity contribution is 7.90. The number of hydrogen-bond acceptors (Lipinski definition) is 4. The third-order valence-electron chi connectivity index (χ3n) is 5.70. The molecule has 1 N–H and O–H groups in total. The van der Waals surface area contributed by atoms with E-state index in [2.05, 4.69) is 10.2 Å². The van der Waals surface area contributed by atoms with Crippen molar-refractivity contribution in [2.24, 2.45) is 0 Å². The standard InChI is InChI=1S/C27H26FN3O3S/c1-31(16-6-9-24-18-26(30-29-24)22-7-5-8-23(28)17-22)27(32)21-14-12-20(13-15-21)19-35(33,34)25-10-3-2-4-11-25/h2-5,7-8,10-15,17-18H,6,9,16,19H2,1H3,(H,29,30). The lowest BCUT2D eigenvalue weighted by molar-refractivity contribution is 0.0793. The highest BCUT2D eigenvalue weighted by Crippen LogP contribution is 2.20. The number of benzene rings is 3. The summed E-state index contributed by atoms with van der Waals surface area (Å²) in [6.45, 7) is 0.539. The second-order valence-electron chi connectivity index (χ2n) is 8.39. The Bertz CT molecular complexity index is 1400. The molecule has 1 heterocycles. The van der Waals surface area contributed by atoms with Gasteiger partial charge in [-0.15, -0.1) is 0 Å². The van der Waals surface area contributed by atoms with Crippen molar-refractivity contribution in [1.29, 1.82) is 0 Å². The monoisotopic (exact) mass is 491 g/mol. The van der Waals surface area contributed by atoms with E-state index >= 15 is 0 Å². The molecule has 3 aromatic carbocycles. The zero-order valence-corrected chi connectivity index (χ0v) is 20.1. The van der Waals surface area contributed by atoms with Crippen molar-refractivity contribution >= 4 is 15.7 Å². The molecule has 6 nitrogen and oxygen atoms in total. The minimum Gasteiger partial charge on any atom is -0.342 e. The minimum atomic E-state index is -3.44. The average molecular weight is 492 g/mol. The second-order valence-corrected chi connectivity index (χ2v) is 10.4. The number of aromatic amines is 1. The Morgan fingerprint density at radius 3 is 2.43 bits per heavy atom. The number of rotatable bonds is 9. The highest BCUT2D eigenvalue weighted by Gasteiger charge is 2.16. The molecule has 0 aliphatic rings. The minimum absolute atomic E-state index is 0.122. The maximum Gasteiger partial charge on any atom is 0.253 e. The molecule has 0 aliphatic carbocycles. The van der Waals surface area contributed by atoms with Crippen LogP contribution in [0.25, 0.3) is 11.3 Å². The number of hydrogen-bond donors (Lipinski definition) is 1. The van der Waals surface area contributed by atoms with Gasteiger partial charge in [-0.25, -0.2) is 12.8 Å². The van der Waals surface area contributed by atoms with E-state index in [9.17, 15) is 17.6 Å². The summed E-state index contributed by atoms with van der Waals surface area (Å²) in [5.41, 5.74) is 3.43. The Morgan fingerprint density at radius 2 is 1.71 bits per heavy atom. The van der Waals surface area contributed by atoms with Crippen molar-refractivity contribution in [3.63, 3.8) is 0 Å². The number of nitrogens with zero attached hydrogens (tertiary/aromatic N) is 2. The SMILES string of the molecule is CN(CCCc1cc(-c2cccc(F)c2)n[nH]1)C(=O)c1ccc(CS(=O)(=O)c2ccccc2)cc1. The van der Waals surface area contributed by atoms with E-state index in [1.807, 2.05) is 6.07 Å². The zero-order chi connectivity index (χ0) is 24.8. The third kappa shape index (κ3) is 6.22. The predicted octanol–water partition coefficient (Wildman–Crippen LogP) is 4.89. The van der Waals surface area contributed by atoms with E-state index in [-0.39, 0.29) is 22.4 Å². The number of aromatic nitrogens is 2. The Labute approximate surface area is 204 Å². The van der Waals surface area contributed by atoms with Crippen LogP contribution in [-0.2, 0) is 22.0 Å². The van der Waals surface area contributed by atoms with Gasteiger partial charge in [0, 0.05) is 30.4 Å². The summed E-state index contributed by atoms with van der Waals surface area (Å²) in [7, 11) is -1.70. The molecule has 0 bridgehead atoms. The van der Waals surface area contributed by atoms with E-state index in [0.717, 1.165) is 12.1 Å². The lowest BCUT2D eigenvalue weighted by Crippen LogP contribution is -2.28. The summed E-state index contributed by atoms with van der Waals surface area (Å²) in [6.07, 6.45) is 1.41. The van der Waals surface area contributed by atoms with Crippen molar-refractivity contribution in [2.45, 2.75) is 23.5 Å². The topological polar surface area (TPSA) is 83.1 Å². The van der Waals surface area contributed by atoms with E-state index in [4.69, 9.17) is 0 Å². The van der Waals surface area contributed by atoms with Crippen LogP contribution >= 0.6 is 0 Å². The van der Waals surface area contributed by atoms with Crippen molar-refractivity contribution in [2.75, 3.05) is 13.6 Å². The van der Waals surface area contributed by atoms with E-state index < -0.39 is 9.84 Å². The Balaban J connectivity index is 1.30. The van der Waals surface area contributed by atoms with E-state index in [0.29, 0.717) is 35.3 Å². The summed E-state index contributed by atoms with van der Waals surface area (Å²) in [5.74, 6) is -0.561. The molecule has 0 atom stereocenters. The fourth-order valence-corrected chi connectivity index (χ4v) is 5.16. The average Bonchev–Trinajstić information content (AvgIpc) is 3.33. The summed E-state index contributed by atoms with van der Waals surface area (Å²) in [6, 6.07) is 23.2. The number of carbonyl (C=O) groups is 1. The molecule has 1 amide bonds. The molecular formula is C27H26FN3O3S. The van der Waals surface area contributed by atoms with Crippen molar-refractivity contribution in [1.82, 2.24) is 15.1 Å². The molecular weight excluding hydrogens is 465 g/mol. The lowest BCUT2D eigenvalue weighted by Gasteiger charge is -2.17. The molecule has 4 rings (SSSR count). The Kier molecular flexibility index (Phi) is 7.41. The Hall–Kier alpha value is -3.78. The number of aryl methyl sites for hydroxylation is 1. The zero-order valence-electron chi connectivity index (χ0n) is 19.3. The van der Waals surface area contributed by atoms with Crippen LogP contribution in [0.15, 0.2) is 89.8 Å². The van der Waals surface area contributed by atoms with Gasteiger partial charge in [0.2, 0.25) is 0 Å². The van der Waals surface area contributed by atoms with Crippen LogP contribution in [-0.4, -0.2) is 43.0 Å². The molecule has 35 heavy (non-hydrogen) atoms. The Morgan fingerprint density at radius 1 is 0.971 bits per heavy atom. The van der Waals surface area contributed by atoms with Crippen LogP contribution < -0.4 is 0 Å². The van der Waals surface area contributed by atoms with Gasteiger partial charge < -0.3 is 4.90 Å². The number of sulfone groups is 1. The number of amides is 1. The smallest absolute Gasteiger partial charge is 0.253 e. The highest BCUT2D eigenvalue weighted by atomic mass is 32.2. The van der Waals surface area contributed by atoms with Crippen LogP contribution in [0.3, 0.4) is 0 Å². The maximum atomic E-state index is 13.4. The lowest BCUT2D eigenvalue weighted by atomic mass is 10.1. The second kappa shape index (κ2) is 10.7. The molecule has 4 aromatic rings. The molecule has 0 unspecified atom stereocenters. The fourth-order valence-electron chi connectivity index (χ4n) is 3.79. The van der Waals surface area contributed by atoms with Crippen LogP contribution in [0.5, 0.6) is 0 Å². The van der Waals surface area contributed by atoms with Gasteiger partial charge in [-0.3, -0.25) is 9.89 Å². The third-order valence-corrected chi connectivity index (χ3v) is 7.40. The molecule has 0 saturated heterocycles. The number of H-pyrrole nitrogens is 1. The van der Waals surface area contributed by atoms with Gasteiger partial charge in [-0.2, -0.15) is 5.10 Å². The summed E-state index contributed by atoms with van der Waals surface area (Å²) < 4.78 is 38.6. The molecule has 0 radical (unpaired) electrons. The fraction of sp³-hybridized carbons (Fsp3) is 0.185. The molecule has 180 valence electrons. The van der Waals surface area contributed by atoms with Gasteiger partial charge in [0.05, 0.1) is 16.3 Å². The van der Waals surface area contributed by atoms with E-state index in [1.54, 1.807) is 78.7 Å². The van der Waals surface area contributed by atoms with E-state index in [1.165, 1.54) is 12.1 Å².